The van der Waals surface area contributed by atoms with E-state index in [1.54, 1.807) is 18.2 Å². The van der Waals surface area contributed by atoms with Crippen LogP contribution in [0.25, 0.3) is 0 Å². The maximum atomic E-state index is 13.9. The fourth-order valence-corrected chi connectivity index (χ4v) is 5.00. The van der Waals surface area contributed by atoms with Gasteiger partial charge in [-0.1, -0.05) is 18.2 Å². The van der Waals surface area contributed by atoms with Crippen molar-refractivity contribution in [1.82, 2.24) is 0 Å². The number of hydrogen-bond acceptors (Lipinski definition) is 5. The molecule has 0 bridgehead atoms. The Morgan fingerprint density at radius 1 is 0.806 bits per heavy atom. The molecule has 0 amide bonds. The first-order chi connectivity index (χ1) is 14.5. The first kappa shape index (κ1) is 22.5. The normalized spacial score (nSPS) is 11.7. The molecule has 0 radical (unpaired) electrons. The Balaban J connectivity index is 1.97. The Morgan fingerprint density at radius 3 is 2.19 bits per heavy atom. The van der Waals surface area contributed by atoms with E-state index in [0.717, 1.165) is 12.1 Å². The van der Waals surface area contributed by atoms with Gasteiger partial charge >= 0.3 is 0 Å². The molecule has 3 aromatic rings. The smallest absolute Gasteiger partial charge is 0.264 e. The Labute approximate surface area is 178 Å². The van der Waals surface area contributed by atoms with Crippen molar-refractivity contribution in [2.45, 2.75) is 16.7 Å². The third-order valence-corrected chi connectivity index (χ3v) is 7.04. The molecule has 0 spiro atoms. The number of hydrogen-bond donors (Lipinski definition) is 2. The third kappa shape index (κ3) is 4.94. The van der Waals surface area contributed by atoms with E-state index in [2.05, 4.69) is 9.44 Å². The van der Waals surface area contributed by atoms with Gasteiger partial charge in [0, 0.05) is 0 Å². The third-order valence-electron chi connectivity index (χ3n) is 4.30. The summed E-state index contributed by atoms with van der Waals surface area (Å²) in [5.41, 5.74) is 0.456. The van der Waals surface area contributed by atoms with E-state index >= 15 is 0 Å². The molecule has 0 heterocycles. The number of nitrogens with one attached hydrogen (secondary N) is 2. The number of ether oxygens (including phenoxy) is 1. The first-order valence-corrected chi connectivity index (χ1v) is 11.7. The van der Waals surface area contributed by atoms with Crippen molar-refractivity contribution in [3.05, 3.63) is 77.9 Å². The molecule has 0 aromatic heterocycles. The second-order valence-electron chi connectivity index (χ2n) is 6.46. The molecule has 11 heteroatoms. The SMILES string of the molecule is COc1ccccc1NS(=O)(=O)c1ccc(C)c(NS(=O)(=O)c2cc(F)ccc2F)c1. The Hall–Kier alpha value is -3.18. The molecule has 0 aliphatic carbocycles. The maximum Gasteiger partial charge on any atom is 0.264 e. The summed E-state index contributed by atoms with van der Waals surface area (Å²) in [6, 6.07) is 12.1. The predicted molar refractivity (Wildman–Crippen MR) is 112 cm³/mol. The number of anilines is 2. The molecule has 0 fully saturated rings. The molecule has 7 nitrogen and oxygen atoms in total. The summed E-state index contributed by atoms with van der Waals surface area (Å²) in [7, 11) is -7.25. The highest BCUT2D eigenvalue weighted by Crippen LogP contribution is 2.29. The van der Waals surface area contributed by atoms with E-state index in [9.17, 15) is 25.6 Å². The quantitative estimate of drug-likeness (QED) is 0.548. The van der Waals surface area contributed by atoms with E-state index in [0.29, 0.717) is 23.4 Å². The van der Waals surface area contributed by atoms with E-state index < -0.39 is 36.6 Å². The minimum Gasteiger partial charge on any atom is -0.495 e. The van der Waals surface area contributed by atoms with Crippen LogP contribution in [-0.2, 0) is 20.0 Å². The van der Waals surface area contributed by atoms with E-state index in [-0.39, 0.29) is 16.3 Å². The Morgan fingerprint density at radius 2 is 1.48 bits per heavy atom. The molecule has 3 aromatic carbocycles. The zero-order valence-corrected chi connectivity index (χ0v) is 18.0. The van der Waals surface area contributed by atoms with Crippen LogP contribution >= 0.6 is 0 Å². The molecule has 0 saturated heterocycles. The molecular weight excluding hydrogens is 450 g/mol. The molecular formula is C20H18F2N2O5S2. The van der Waals surface area contributed by atoms with Gasteiger partial charge in [-0.3, -0.25) is 9.44 Å². The topological polar surface area (TPSA) is 102 Å². The molecule has 0 atom stereocenters. The van der Waals surface area contributed by atoms with Gasteiger partial charge in [0.15, 0.2) is 0 Å². The number of aryl methyl sites for hydroxylation is 1. The second-order valence-corrected chi connectivity index (χ2v) is 9.80. The number of para-hydroxylation sites is 2. The monoisotopic (exact) mass is 468 g/mol. The fraction of sp³-hybridized carbons (Fsp3) is 0.100. The molecule has 0 saturated carbocycles. The van der Waals surface area contributed by atoms with Gasteiger partial charge in [-0.2, -0.15) is 0 Å². The van der Waals surface area contributed by atoms with Gasteiger partial charge in [-0.15, -0.1) is 0 Å². The average Bonchev–Trinajstić information content (AvgIpc) is 2.71. The maximum absolute atomic E-state index is 13.9. The number of methoxy groups -OCH3 is 1. The highest BCUT2D eigenvalue weighted by molar-refractivity contribution is 7.93. The Kier molecular flexibility index (Phi) is 6.18. The number of rotatable bonds is 7. The van der Waals surface area contributed by atoms with E-state index in [4.69, 9.17) is 4.74 Å². The summed E-state index contributed by atoms with van der Waals surface area (Å²) in [6.07, 6.45) is 0. The summed E-state index contributed by atoms with van der Waals surface area (Å²) in [6.45, 7) is 1.53. The summed E-state index contributed by atoms with van der Waals surface area (Å²) in [4.78, 5) is -1.14. The van der Waals surface area contributed by atoms with Crippen LogP contribution in [0.3, 0.4) is 0 Å². The van der Waals surface area contributed by atoms with Crippen molar-refractivity contribution in [2.75, 3.05) is 16.6 Å². The standard InChI is InChI=1S/C20H18F2N2O5S2/c1-13-7-9-15(30(25,26)23-17-5-3-4-6-19(17)29-2)12-18(13)24-31(27,28)20-11-14(21)8-10-16(20)22/h3-12,23-24H,1-2H3. The van der Waals surface area contributed by atoms with Gasteiger partial charge < -0.3 is 4.74 Å². The molecule has 0 aliphatic heterocycles. The summed E-state index contributed by atoms with van der Waals surface area (Å²) >= 11 is 0. The van der Waals surface area contributed by atoms with E-state index in [1.807, 2.05) is 0 Å². The lowest BCUT2D eigenvalue weighted by Gasteiger charge is -2.15. The number of benzene rings is 3. The first-order valence-electron chi connectivity index (χ1n) is 8.78. The highest BCUT2D eigenvalue weighted by atomic mass is 32.2. The zero-order chi connectivity index (χ0) is 22.8. The van der Waals surface area contributed by atoms with Gasteiger partial charge in [0.2, 0.25) is 0 Å². The average molecular weight is 469 g/mol. The van der Waals surface area contributed by atoms with Crippen molar-refractivity contribution in [2.24, 2.45) is 0 Å². The highest BCUT2D eigenvalue weighted by Gasteiger charge is 2.23. The van der Waals surface area contributed by atoms with Crippen LogP contribution in [0.2, 0.25) is 0 Å². The summed E-state index contributed by atoms with van der Waals surface area (Å²) < 4.78 is 87.7. The van der Waals surface area contributed by atoms with Crippen LogP contribution < -0.4 is 14.2 Å². The molecule has 31 heavy (non-hydrogen) atoms. The molecule has 3 rings (SSSR count). The van der Waals surface area contributed by atoms with Crippen molar-refractivity contribution in [3.63, 3.8) is 0 Å². The minimum absolute atomic E-state index is 0.105. The van der Waals surface area contributed by atoms with Gasteiger partial charge in [0.1, 0.15) is 22.3 Å². The Bertz CT molecular complexity index is 1340. The molecule has 164 valence electrons. The van der Waals surface area contributed by atoms with Crippen LogP contribution in [0.4, 0.5) is 20.2 Å². The van der Waals surface area contributed by atoms with Crippen LogP contribution in [0.1, 0.15) is 5.56 Å². The van der Waals surface area contributed by atoms with Crippen molar-refractivity contribution >= 4 is 31.4 Å². The van der Waals surface area contributed by atoms with Crippen molar-refractivity contribution < 1.29 is 30.4 Å². The number of sulfonamides is 2. The van der Waals surface area contributed by atoms with E-state index in [1.165, 1.54) is 32.2 Å². The second kappa shape index (κ2) is 8.52. The lowest BCUT2D eigenvalue weighted by atomic mass is 10.2. The summed E-state index contributed by atoms with van der Waals surface area (Å²) in [5.74, 6) is -1.79. The van der Waals surface area contributed by atoms with Crippen LogP contribution in [0.5, 0.6) is 5.75 Å². The van der Waals surface area contributed by atoms with Crippen molar-refractivity contribution in [3.8, 4) is 5.75 Å². The summed E-state index contributed by atoms with van der Waals surface area (Å²) in [5, 5.41) is 0. The van der Waals surface area contributed by atoms with Gasteiger partial charge in [0.05, 0.1) is 23.4 Å². The lowest BCUT2D eigenvalue weighted by molar-refractivity contribution is 0.417. The van der Waals surface area contributed by atoms with Gasteiger partial charge in [-0.25, -0.2) is 25.6 Å². The zero-order valence-electron chi connectivity index (χ0n) is 16.4. The molecule has 2 N–H and O–H groups in total. The van der Waals surface area contributed by atoms with Crippen LogP contribution in [0, 0.1) is 18.6 Å². The van der Waals surface area contributed by atoms with Gasteiger partial charge in [-0.05, 0) is 55.0 Å². The fourth-order valence-electron chi connectivity index (χ4n) is 2.69. The minimum atomic E-state index is -4.52. The van der Waals surface area contributed by atoms with Crippen LogP contribution in [0.15, 0.2) is 70.5 Å². The molecule has 0 unspecified atom stereocenters. The largest absolute Gasteiger partial charge is 0.495 e. The van der Waals surface area contributed by atoms with Gasteiger partial charge in [0.25, 0.3) is 20.0 Å². The number of halogens is 2. The van der Waals surface area contributed by atoms with Crippen molar-refractivity contribution in [1.29, 1.82) is 0 Å². The molecule has 0 aliphatic rings. The van der Waals surface area contributed by atoms with Crippen LogP contribution in [-0.4, -0.2) is 23.9 Å². The lowest BCUT2D eigenvalue weighted by Crippen LogP contribution is -2.17. The predicted octanol–water partition coefficient (Wildman–Crippen LogP) is 3.88.